The minimum atomic E-state index is -0.500. The average Bonchev–Trinajstić information content (AvgIpc) is 3.31. The predicted molar refractivity (Wildman–Crippen MR) is 109 cm³/mol. The molecule has 1 amide bonds. The number of aromatic nitrogens is 5. The molecule has 0 bridgehead atoms. The lowest BCUT2D eigenvalue weighted by Crippen LogP contribution is -2.27. The molecule has 3 N–H and O–H groups in total. The first-order valence-corrected chi connectivity index (χ1v) is 9.67. The van der Waals surface area contributed by atoms with Crippen LogP contribution in [0.2, 0.25) is 0 Å². The van der Waals surface area contributed by atoms with Gasteiger partial charge in [0.1, 0.15) is 0 Å². The van der Waals surface area contributed by atoms with E-state index in [2.05, 4.69) is 56.6 Å². The summed E-state index contributed by atoms with van der Waals surface area (Å²) in [5.74, 6) is -0.272. The van der Waals surface area contributed by atoms with Crippen molar-refractivity contribution in [3.8, 4) is 5.82 Å². The predicted octanol–water partition coefficient (Wildman–Crippen LogP) is 1.60. The van der Waals surface area contributed by atoms with Gasteiger partial charge in [-0.15, -0.1) is 5.10 Å². The number of nitrogens with zero attached hydrogens (tertiary/aromatic N) is 7. The second-order valence-corrected chi connectivity index (χ2v) is 6.90. The number of nitrogens with two attached hydrogens (primary N) is 1. The van der Waals surface area contributed by atoms with E-state index in [0.29, 0.717) is 12.2 Å². The zero-order valence-corrected chi connectivity index (χ0v) is 17.5. The highest BCUT2D eigenvalue weighted by atomic mass is 79.9. The zero-order chi connectivity index (χ0) is 20.8. The molecule has 2 aromatic heterocycles. The van der Waals surface area contributed by atoms with E-state index in [1.807, 2.05) is 38.1 Å². The van der Waals surface area contributed by atoms with Crippen LogP contribution in [0.4, 0.5) is 5.82 Å². The number of carbonyl (C=O) groups is 1. The Hall–Kier alpha value is -3.12. The molecule has 0 aliphatic heterocycles. The maximum Gasteiger partial charge on any atom is 0.293 e. The highest BCUT2D eigenvalue weighted by Gasteiger charge is 2.24. The van der Waals surface area contributed by atoms with Crippen LogP contribution in [0.1, 0.15) is 35.6 Å². The summed E-state index contributed by atoms with van der Waals surface area (Å²) < 4.78 is 6.92. The molecule has 29 heavy (non-hydrogen) atoms. The molecule has 0 aliphatic rings. The van der Waals surface area contributed by atoms with Crippen LogP contribution in [0.5, 0.6) is 0 Å². The van der Waals surface area contributed by atoms with E-state index in [9.17, 15) is 4.79 Å². The minimum Gasteiger partial charge on any atom is -0.378 e. The zero-order valence-electron chi connectivity index (χ0n) is 15.9. The fraction of sp³-hybridized carbons (Fsp3) is 0.294. The van der Waals surface area contributed by atoms with E-state index >= 15 is 0 Å². The summed E-state index contributed by atoms with van der Waals surface area (Å²) in [5, 5.41) is 19.3. The fourth-order valence-electron chi connectivity index (χ4n) is 2.59. The molecule has 12 heteroatoms. The van der Waals surface area contributed by atoms with Crippen LogP contribution in [-0.4, -0.2) is 55.4 Å². The Kier molecular flexibility index (Phi) is 6.67. The third-order valence-corrected chi connectivity index (χ3v) is 4.66. The molecule has 0 saturated heterocycles. The Bertz CT molecular complexity index is 1010. The van der Waals surface area contributed by atoms with Gasteiger partial charge in [-0.2, -0.15) is 9.78 Å². The minimum absolute atomic E-state index is 0.0512. The number of amides is 1. The number of nitrogen functional groups attached to an aromatic ring is 1. The lowest BCUT2D eigenvalue weighted by molar-refractivity contribution is 0.0948. The first-order chi connectivity index (χ1) is 14.0. The van der Waals surface area contributed by atoms with E-state index in [-0.39, 0.29) is 17.3 Å². The molecule has 0 radical (unpaired) electrons. The topological polar surface area (TPSA) is 140 Å². The van der Waals surface area contributed by atoms with Gasteiger partial charge in [0.2, 0.25) is 11.6 Å². The summed E-state index contributed by atoms with van der Waals surface area (Å²) in [6, 6.07) is 7.51. The molecular weight excluding hydrogens is 442 g/mol. The van der Waals surface area contributed by atoms with Gasteiger partial charge in [-0.05, 0) is 41.1 Å². The number of hydrogen-bond donors (Lipinski definition) is 2. The van der Waals surface area contributed by atoms with Gasteiger partial charge < -0.3 is 5.73 Å². The van der Waals surface area contributed by atoms with E-state index in [4.69, 9.17) is 5.73 Å². The highest BCUT2D eigenvalue weighted by Crippen LogP contribution is 2.17. The van der Waals surface area contributed by atoms with Gasteiger partial charge in [0.25, 0.3) is 5.91 Å². The number of hydrazone groups is 1. The number of halogens is 1. The van der Waals surface area contributed by atoms with Crippen molar-refractivity contribution < 1.29 is 9.42 Å². The Labute approximate surface area is 175 Å². The summed E-state index contributed by atoms with van der Waals surface area (Å²) in [5.41, 5.74) is 9.71. The molecule has 152 valence electrons. The number of anilines is 1. The van der Waals surface area contributed by atoms with Crippen LogP contribution in [-0.2, 0) is 6.54 Å². The molecule has 1 aromatic carbocycles. The second kappa shape index (κ2) is 9.39. The summed E-state index contributed by atoms with van der Waals surface area (Å²) >= 11 is 3.39. The van der Waals surface area contributed by atoms with Crippen LogP contribution in [0.25, 0.3) is 5.82 Å². The number of rotatable bonds is 8. The number of carbonyl (C=O) groups excluding carboxylic acids is 1. The van der Waals surface area contributed by atoms with Crippen molar-refractivity contribution in [2.75, 3.05) is 18.8 Å². The van der Waals surface area contributed by atoms with Crippen molar-refractivity contribution in [3.63, 3.8) is 0 Å². The molecule has 11 nitrogen and oxygen atoms in total. The molecule has 0 aliphatic carbocycles. The third-order valence-electron chi connectivity index (χ3n) is 4.17. The molecule has 0 spiro atoms. The van der Waals surface area contributed by atoms with Crippen molar-refractivity contribution >= 4 is 33.9 Å². The van der Waals surface area contributed by atoms with Crippen LogP contribution >= 0.6 is 15.9 Å². The van der Waals surface area contributed by atoms with Gasteiger partial charge in [-0.25, -0.2) is 10.1 Å². The molecule has 0 saturated carbocycles. The Balaban J connectivity index is 1.86. The van der Waals surface area contributed by atoms with Gasteiger partial charge in [0.15, 0.2) is 5.69 Å². The molecule has 3 rings (SSSR count). The van der Waals surface area contributed by atoms with Gasteiger partial charge in [-0.1, -0.05) is 47.1 Å². The number of hydrogen-bond acceptors (Lipinski definition) is 9. The summed E-state index contributed by atoms with van der Waals surface area (Å²) in [6.07, 6.45) is 1.54. The van der Waals surface area contributed by atoms with E-state index in [1.165, 1.54) is 10.9 Å². The van der Waals surface area contributed by atoms with Gasteiger partial charge in [-0.3, -0.25) is 9.69 Å². The fourth-order valence-corrected chi connectivity index (χ4v) is 3.01. The quantitative estimate of drug-likeness (QED) is 0.380. The van der Waals surface area contributed by atoms with Gasteiger partial charge in [0, 0.05) is 11.0 Å². The average molecular weight is 462 g/mol. The van der Waals surface area contributed by atoms with Crippen molar-refractivity contribution in [1.29, 1.82) is 0 Å². The van der Waals surface area contributed by atoms with Gasteiger partial charge >= 0.3 is 0 Å². The number of nitrogens with one attached hydrogen (secondary N) is 1. The van der Waals surface area contributed by atoms with Crippen LogP contribution in [0, 0.1) is 0 Å². The van der Waals surface area contributed by atoms with E-state index in [0.717, 1.165) is 23.1 Å². The first kappa shape index (κ1) is 20.6. The molecule has 0 fully saturated rings. The van der Waals surface area contributed by atoms with Crippen molar-refractivity contribution in [1.82, 2.24) is 35.6 Å². The normalized spacial score (nSPS) is 11.4. The lowest BCUT2D eigenvalue weighted by atomic mass is 10.2. The molecule has 0 unspecified atom stereocenters. The molecule has 2 heterocycles. The standard InChI is InChI=1S/C17H20BrN9O2/c1-3-26(4-2)10-13-14(21-25-27(13)16-15(19)23-29-24-16)17(28)22-20-9-11-6-5-7-12(18)8-11/h5-9H,3-4,10H2,1-2H3,(H2,19,23)(H,22,28)/b20-9-. The maximum atomic E-state index is 12.7. The SMILES string of the molecule is CCN(CC)Cc1c(C(=O)N/N=C\c2cccc(Br)c2)nnn1-c1nonc1N. The van der Waals surface area contributed by atoms with E-state index < -0.39 is 5.91 Å². The van der Waals surface area contributed by atoms with Crippen molar-refractivity contribution in [3.05, 3.63) is 45.7 Å². The van der Waals surface area contributed by atoms with Gasteiger partial charge in [0.05, 0.1) is 11.9 Å². The summed E-state index contributed by atoms with van der Waals surface area (Å²) in [6.45, 7) is 5.99. The Morgan fingerprint density at radius 3 is 2.83 bits per heavy atom. The number of benzene rings is 1. The summed E-state index contributed by atoms with van der Waals surface area (Å²) in [4.78, 5) is 14.8. The smallest absolute Gasteiger partial charge is 0.293 e. The molecule has 3 aromatic rings. The van der Waals surface area contributed by atoms with Crippen molar-refractivity contribution in [2.24, 2.45) is 5.10 Å². The van der Waals surface area contributed by atoms with Crippen LogP contribution in [0.15, 0.2) is 38.5 Å². The van der Waals surface area contributed by atoms with Crippen molar-refractivity contribution in [2.45, 2.75) is 20.4 Å². The van der Waals surface area contributed by atoms with E-state index in [1.54, 1.807) is 0 Å². The maximum absolute atomic E-state index is 12.7. The lowest BCUT2D eigenvalue weighted by Gasteiger charge is -2.18. The first-order valence-electron chi connectivity index (χ1n) is 8.87. The highest BCUT2D eigenvalue weighted by molar-refractivity contribution is 9.10. The van der Waals surface area contributed by atoms with Crippen LogP contribution in [0.3, 0.4) is 0 Å². The Morgan fingerprint density at radius 1 is 1.38 bits per heavy atom. The van der Waals surface area contributed by atoms with Crippen LogP contribution < -0.4 is 11.2 Å². The largest absolute Gasteiger partial charge is 0.378 e. The Morgan fingerprint density at radius 2 is 2.17 bits per heavy atom. The monoisotopic (exact) mass is 461 g/mol. The second-order valence-electron chi connectivity index (χ2n) is 5.99. The molecule has 0 atom stereocenters. The molecular formula is C17H20BrN9O2. The third kappa shape index (κ3) is 4.84. The summed E-state index contributed by atoms with van der Waals surface area (Å²) in [7, 11) is 0.